The Morgan fingerprint density at radius 2 is 1.65 bits per heavy atom. The van der Waals surface area contributed by atoms with Crippen molar-refractivity contribution >= 4 is 6.29 Å². The Hall–Kier alpha value is -2.93. The van der Waals surface area contributed by atoms with E-state index in [-0.39, 0.29) is 23.9 Å². The van der Waals surface area contributed by atoms with Gasteiger partial charge in [0.1, 0.15) is 12.4 Å². The van der Waals surface area contributed by atoms with Crippen molar-refractivity contribution in [3.05, 3.63) is 41.0 Å². The predicted octanol–water partition coefficient (Wildman–Crippen LogP) is 2.44. The zero-order valence-corrected chi connectivity index (χ0v) is 14.7. The lowest BCUT2D eigenvalue weighted by Crippen LogP contribution is -2.13. The Labute approximate surface area is 150 Å². The molecule has 138 valence electrons. The number of fused-ring (bicyclic) bond motifs is 1. The predicted molar refractivity (Wildman–Crippen MR) is 92.8 cm³/mol. The van der Waals surface area contributed by atoms with Crippen molar-refractivity contribution < 1.29 is 34.0 Å². The Morgan fingerprint density at radius 1 is 1.04 bits per heavy atom. The Balaban J connectivity index is 2.11. The molecule has 0 amide bonds. The number of hydrogen-bond acceptors (Lipinski definition) is 7. The molecule has 2 unspecified atom stereocenters. The third kappa shape index (κ3) is 2.80. The molecule has 2 aromatic rings. The highest BCUT2D eigenvalue weighted by Crippen LogP contribution is 2.52. The van der Waals surface area contributed by atoms with Crippen molar-refractivity contribution in [1.82, 2.24) is 0 Å². The molecule has 3 rings (SSSR count). The minimum atomic E-state index is -0.561. The second-order valence-corrected chi connectivity index (χ2v) is 5.86. The summed E-state index contributed by atoms with van der Waals surface area (Å²) in [4.78, 5) is 11.2. The molecule has 0 saturated carbocycles. The Bertz CT molecular complexity index is 806. The van der Waals surface area contributed by atoms with Crippen LogP contribution in [0.3, 0.4) is 0 Å². The molecule has 0 fully saturated rings. The molecule has 0 aromatic heterocycles. The van der Waals surface area contributed by atoms with E-state index in [1.165, 1.54) is 21.3 Å². The zero-order valence-electron chi connectivity index (χ0n) is 14.7. The molecule has 2 N–H and O–H groups in total. The van der Waals surface area contributed by atoms with Crippen LogP contribution in [-0.4, -0.2) is 44.4 Å². The molecule has 0 saturated heterocycles. The van der Waals surface area contributed by atoms with Gasteiger partial charge in [-0.15, -0.1) is 0 Å². The third-order valence-electron chi connectivity index (χ3n) is 4.50. The number of ether oxygens (including phenoxy) is 4. The molecular weight excluding hydrogens is 340 g/mol. The molecule has 2 aromatic carbocycles. The molecule has 26 heavy (non-hydrogen) atoms. The SMILES string of the molecule is COc1cc(C2Oc3c(OC)cc(C=O)cc3C2CO)cc(OC)c1O. The van der Waals surface area contributed by atoms with E-state index in [1.807, 2.05) is 0 Å². The number of phenolic OH excluding ortho intramolecular Hbond substituents is 1. The Kier molecular flexibility index (Phi) is 4.90. The first kappa shape index (κ1) is 17.9. The second-order valence-electron chi connectivity index (χ2n) is 5.86. The summed E-state index contributed by atoms with van der Waals surface area (Å²) in [6, 6.07) is 6.52. The van der Waals surface area contributed by atoms with E-state index >= 15 is 0 Å². The van der Waals surface area contributed by atoms with Gasteiger partial charge in [0, 0.05) is 16.7 Å². The van der Waals surface area contributed by atoms with Gasteiger partial charge in [-0.1, -0.05) is 0 Å². The molecule has 1 aliphatic heterocycles. The summed E-state index contributed by atoms with van der Waals surface area (Å²) in [5, 5.41) is 20.1. The summed E-state index contributed by atoms with van der Waals surface area (Å²) in [6.45, 7) is -0.200. The quantitative estimate of drug-likeness (QED) is 0.764. The average Bonchev–Trinajstić information content (AvgIpc) is 3.05. The molecule has 0 spiro atoms. The fraction of sp³-hybridized carbons (Fsp3) is 0.316. The van der Waals surface area contributed by atoms with Crippen LogP contribution in [0.2, 0.25) is 0 Å². The molecular formula is C19H20O7. The topological polar surface area (TPSA) is 94.5 Å². The van der Waals surface area contributed by atoms with Gasteiger partial charge in [0.15, 0.2) is 23.0 Å². The average molecular weight is 360 g/mol. The second kappa shape index (κ2) is 7.13. The minimum absolute atomic E-state index is 0.115. The normalized spacial score (nSPS) is 18.0. The van der Waals surface area contributed by atoms with E-state index < -0.39 is 12.0 Å². The van der Waals surface area contributed by atoms with Gasteiger partial charge in [0.25, 0.3) is 0 Å². The summed E-state index contributed by atoms with van der Waals surface area (Å²) >= 11 is 0. The van der Waals surface area contributed by atoms with Gasteiger partial charge in [-0.05, 0) is 24.3 Å². The Morgan fingerprint density at radius 3 is 2.15 bits per heavy atom. The van der Waals surface area contributed by atoms with Crippen LogP contribution < -0.4 is 18.9 Å². The van der Waals surface area contributed by atoms with Gasteiger partial charge in [-0.3, -0.25) is 4.79 Å². The fourth-order valence-electron chi connectivity index (χ4n) is 3.21. The van der Waals surface area contributed by atoms with E-state index in [2.05, 4.69) is 0 Å². The summed E-state index contributed by atoms with van der Waals surface area (Å²) in [7, 11) is 4.36. The lowest BCUT2D eigenvalue weighted by molar-refractivity contribution is 0.112. The van der Waals surface area contributed by atoms with Crippen molar-refractivity contribution in [3.63, 3.8) is 0 Å². The molecule has 7 nitrogen and oxygen atoms in total. The number of aliphatic hydroxyl groups excluding tert-OH is 1. The molecule has 2 atom stereocenters. The largest absolute Gasteiger partial charge is 0.502 e. The van der Waals surface area contributed by atoms with Crippen molar-refractivity contribution in [1.29, 1.82) is 0 Å². The number of aromatic hydroxyl groups is 1. The van der Waals surface area contributed by atoms with Crippen molar-refractivity contribution in [2.24, 2.45) is 0 Å². The highest BCUT2D eigenvalue weighted by molar-refractivity contribution is 5.78. The molecule has 7 heteroatoms. The number of rotatable bonds is 6. The third-order valence-corrected chi connectivity index (χ3v) is 4.50. The molecule has 0 radical (unpaired) electrons. The van der Waals surface area contributed by atoms with E-state index in [9.17, 15) is 15.0 Å². The monoisotopic (exact) mass is 360 g/mol. The summed E-state index contributed by atoms with van der Waals surface area (Å²) in [5.41, 5.74) is 1.77. The van der Waals surface area contributed by atoms with Crippen LogP contribution in [0, 0.1) is 0 Å². The van der Waals surface area contributed by atoms with Crippen molar-refractivity contribution in [3.8, 4) is 28.7 Å². The van der Waals surface area contributed by atoms with E-state index in [4.69, 9.17) is 18.9 Å². The smallest absolute Gasteiger partial charge is 0.200 e. The maximum atomic E-state index is 11.2. The lowest BCUT2D eigenvalue weighted by atomic mass is 9.90. The highest BCUT2D eigenvalue weighted by atomic mass is 16.5. The van der Waals surface area contributed by atoms with Crippen LogP contribution in [0.25, 0.3) is 0 Å². The number of hydrogen-bond donors (Lipinski definition) is 2. The minimum Gasteiger partial charge on any atom is -0.502 e. The van der Waals surface area contributed by atoms with Gasteiger partial charge < -0.3 is 29.2 Å². The number of aliphatic hydroxyl groups is 1. The van der Waals surface area contributed by atoms with Gasteiger partial charge >= 0.3 is 0 Å². The maximum absolute atomic E-state index is 11.2. The van der Waals surface area contributed by atoms with Crippen molar-refractivity contribution in [2.75, 3.05) is 27.9 Å². The number of methoxy groups -OCH3 is 3. The number of carbonyl (C=O) groups is 1. The van der Waals surface area contributed by atoms with Gasteiger partial charge in [0.05, 0.1) is 33.9 Å². The zero-order chi connectivity index (χ0) is 18.8. The van der Waals surface area contributed by atoms with Crippen LogP contribution in [0.15, 0.2) is 24.3 Å². The van der Waals surface area contributed by atoms with Crippen LogP contribution in [0.4, 0.5) is 0 Å². The number of aldehydes is 1. The summed E-state index contributed by atoms with van der Waals surface area (Å²) < 4.78 is 21.8. The lowest BCUT2D eigenvalue weighted by Gasteiger charge is -2.20. The van der Waals surface area contributed by atoms with Gasteiger partial charge in [-0.2, -0.15) is 0 Å². The van der Waals surface area contributed by atoms with Crippen LogP contribution in [-0.2, 0) is 0 Å². The summed E-state index contributed by atoms with van der Waals surface area (Å²) in [6.07, 6.45) is 0.158. The first-order valence-corrected chi connectivity index (χ1v) is 7.97. The molecule has 0 bridgehead atoms. The maximum Gasteiger partial charge on any atom is 0.200 e. The van der Waals surface area contributed by atoms with Gasteiger partial charge in [-0.25, -0.2) is 0 Å². The van der Waals surface area contributed by atoms with Gasteiger partial charge in [0.2, 0.25) is 5.75 Å². The fourth-order valence-corrected chi connectivity index (χ4v) is 3.21. The van der Waals surface area contributed by atoms with Crippen LogP contribution in [0.1, 0.15) is 33.5 Å². The first-order chi connectivity index (χ1) is 12.6. The van der Waals surface area contributed by atoms with E-state index in [0.717, 1.165) is 6.29 Å². The molecule has 1 heterocycles. The standard InChI is InChI=1S/C19H20O7/c1-23-14-6-11(7-15(24-2)17(14)22)18-13(9-21)12-4-10(8-20)5-16(25-3)19(12)26-18/h4-8,13,18,21-22H,9H2,1-3H3. The number of benzene rings is 2. The molecule has 0 aliphatic carbocycles. The summed E-state index contributed by atoms with van der Waals surface area (Å²) in [5.74, 6) is 0.831. The number of phenols is 1. The number of carbonyl (C=O) groups excluding carboxylic acids is 1. The highest BCUT2D eigenvalue weighted by Gasteiger charge is 2.38. The van der Waals surface area contributed by atoms with E-state index in [1.54, 1.807) is 24.3 Å². The van der Waals surface area contributed by atoms with Crippen LogP contribution >= 0.6 is 0 Å². The first-order valence-electron chi connectivity index (χ1n) is 7.97. The van der Waals surface area contributed by atoms with Crippen LogP contribution in [0.5, 0.6) is 28.7 Å². The van der Waals surface area contributed by atoms with E-state index in [0.29, 0.717) is 28.2 Å². The van der Waals surface area contributed by atoms with Crippen molar-refractivity contribution in [2.45, 2.75) is 12.0 Å². The molecule has 1 aliphatic rings.